The molecule has 0 N–H and O–H groups in total. The maximum Gasteiger partial charge on any atom is 0.257 e. The molecule has 22 heavy (non-hydrogen) atoms. The summed E-state index contributed by atoms with van der Waals surface area (Å²) in [6.45, 7) is 6.91. The molecule has 1 amide bonds. The first-order chi connectivity index (χ1) is 10.5. The van der Waals surface area contributed by atoms with Gasteiger partial charge in [-0.15, -0.1) is 0 Å². The van der Waals surface area contributed by atoms with E-state index in [0.29, 0.717) is 30.0 Å². The highest BCUT2D eigenvalue weighted by atomic mass is 16.3. The smallest absolute Gasteiger partial charge is 0.257 e. The molecule has 4 nitrogen and oxygen atoms in total. The zero-order valence-corrected chi connectivity index (χ0v) is 13.2. The lowest BCUT2D eigenvalue weighted by atomic mass is 10.1. The number of hydrogen-bond donors (Lipinski definition) is 0. The normalized spacial score (nSPS) is 10.3. The van der Waals surface area contributed by atoms with Crippen LogP contribution in [0.1, 0.15) is 46.3 Å². The Labute approximate surface area is 131 Å². The molecule has 0 saturated carbocycles. The molecule has 0 aliphatic carbocycles. The van der Waals surface area contributed by atoms with Crippen LogP contribution >= 0.6 is 0 Å². The number of hydrogen-bond acceptors (Lipinski definition) is 3. The Morgan fingerprint density at radius 3 is 2.45 bits per heavy atom. The molecule has 0 radical (unpaired) electrons. The van der Waals surface area contributed by atoms with E-state index >= 15 is 0 Å². The van der Waals surface area contributed by atoms with Crippen LogP contribution in [-0.4, -0.2) is 17.4 Å². The summed E-state index contributed by atoms with van der Waals surface area (Å²) in [5.41, 5.74) is 2.26. The van der Waals surface area contributed by atoms with Gasteiger partial charge in [-0.25, -0.2) is 0 Å². The van der Waals surface area contributed by atoms with Gasteiger partial charge in [0.25, 0.3) is 5.91 Å². The Bertz CT molecular complexity index is 693. The van der Waals surface area contributed by atoms with Gasteiger partial charge < -0.3 is 9.32 Å². The lowest BCUT2D eigenvalue weighted by molar-refractivity contribution is 0.0741. The second kappa shape index (κ2) is 6.95. The van der Waals surface area contributed by atoms with Crippen molar-refractivity contribution in [3.05, 3.63) is 58.5 Å². The van der Waals surface area contributed by atoms with E-state index in [-0.39, 0.29) is 5.91 Å². The van der Waals surface area contributed by atoms with Gasteiger partial charge in [0.1, 0.15) is 11.5 Å². The van der Waals surface area contributed by atoms with Crippen molar-refractivity contribution in [1.82, 2.24) is 4.90 Å². The molecule has 0 unspecified atom stereocenters. The molecule has 0 fully saturated rings. The van der Waals surface area contributed by atoms with Gasteiger partial charge in [-0.1, -0.05) is 19.1 Å². The van der Waals surface area contributed by atoms with E-state index in [4.69, 9.17) is 9.68 Å². The second-order valence-electron chi connectivity index (χ2n) is 5.36. The number of benzene rings is 1. The third-order valence-corrected chi connectivity index (χ3v) is 3.51. The van der Waals surface area contributed by atoms with Crippen LogP contribution in [0.15, 0.2) is 34.7 Å². The quantitative estimate of drug-likeness (QED) is 0.842. The van der Waals surface area contributed by atoms with Gasteiger partial charge in [0.15, 0.2) is 0 Å². The van der Waals surface area contributed by atoms with E-state index in [9.17, 15) is 4.79 Å². The van der Waals surface area contributed by atoms with Crippen molar-refractivity contribution < 1.29 is 9.21 Å². The number of aryl methyl sites for hydroxylation is 2. The number of amides is 1. The summed E-state index contributed by atoms with van der Waals surface area (Å²) in [6, 6.07) is 11.2. The summed E-state index contributed by atoms with van der Waals surface area (Å²) in [4.78, 5) is 14.5. The molecule has 0 aliphatic heterocycles. The summed E-state index contributed by atoms with van der Waals surface area (Å²) >= 11 is 0. The molecule has 1 heterocycles. The Morgan fingerprint density at radius 1 is 1.27 bits per heavy atom. The van der Waals surface area contributed by atoms with Crippen molar-refractivity contribution in [2.45, 2.75) is 33.7 Å². The van der Waals surface area contributed by atoms with Crippen LogP contribution in [0.5, 0.6) is 0 Å². The van der Waals surface area contributed by atoms with E-state index in [1.54, 1.807) is 18.2 Å². The molecule has 2 rings (SSSR count). The van der Waals surface area contributed by atoms with E-state index in [1.807, 2.05) is 37.8 Å². The standard InChI is InChI=1S/C18H20N2O2/c1-4-9-20(12-16-7-5-15(11-19)6-8-16)18(21)17-10-13(2)22-14(17)3/h5-8,10H,4,9,12H2,1-3H3. The number of rotatable bonds is 5. The molecule has 0 aliphatic rings. The maximum atomic E-state index is 12.7. The number of carbonyl (C=O) groups is 1. The zero-order valence-electron chi connectivity index (χ0n) is 13.2. The summed E-state index contributed by atoms with van der Waals surface area (Å²) in [6.07, 6.45) is 0.887. The van der Waals surface area contributed by atoms with Crippen molar-refractivity contribution in [3.8, 4) is 6.07 Å². The van der Waals surface area contributed by atoms with Crippen molar-refractivity contribution in [2.75, 3.05) is 6.54 Å². The predicted octanol–water partition coefficient (Wildman–Crippen LogP) is 3.82. The van der Waals surface area contributed by atoms with Crippen LogP contribution in [0.3, 0.4) is 0 Å². The van der Waals surface area contributed by atoms with E-state index in [0.717, 1.165) is 17.7 Å². The SMILES string of the molecule is CCCN(Cc1ccc(C#N)cc1)C(=O)c1cc(C)oc1C. The van der Waals surface area contributed by atoms with Crippen LogP contribution < -0.4 is 0 Å². The minimum atomic E-state index is -0.0134. The Morgan fingerprint density at radius 2 is 1.95 bits per heavy atom. The molecule has 0 spiro atoms. The zero-order chi connectivity index (χ0) is 16.1. The largest absolute Gasteiger partial charge is 0.466 e. The van der Waals surface area contributed by atoms with Gasteiger partial charge >= 0.3 is 0 Å². The third-order valence-electron chi connectivity index (χ3n) is 3.51. The molecule has 1 aromatic carbocycles. The summed E-state index contributed by atoms with van der Waals surface area (Å²) < 4.78 is 5.46. The monoisotopic (exact) mass is 296 g/mol. The fourth-order valence-corrected chi connectivity index (χ4v) is 2.44. The molecule has 2 aromatic rings. The van der Waals surface area contributed by atoms with Gasteiger partial charge in [0, 0.05) is 13.1 Å². The van der Waals surface area contributed by atoms with E-state index in [1.165, 1.54) is 0 Å². The fraction of sp³-hybridized carbons (Fsp3) is 0.333. The van der Waals surface area contributed by atoms with Crippen molar-refractivity contribution >= 4 is 5.91 Å². The van der Waals surface area contributed by atoms with Crippen LogP contribution in [0.25, 0.3) is 0 Å². The Balaban J connectivity index is 2.20. The Hall–Kier alpha value is -2.54. The average molecular weight is 296 g/mol. The second-order valence-corrected chi connectivity index (χ2v) is 5.36. The highest BCUT2D eigenvalue weighted by Crippen LogP contribution is 2.18. The van der Waals surface area contributed by atoms with Gasteiger partial charge in [-0.2, -0.15) is 5.26 Å². The Kier molecular flexibility index (Phi) is 5.00. The van der Waals surface area contributed by atoms with Crippen LogP contribution in [-0.2, 0) is 6.54 Å². The molecule has 0 atom stereocenters. The topological polar surface area (TPSA) is 57.2 Å². The summed E-state index contributed by atoms with van der Waals surface area (Å²) in [7, 11) is 0. The van der Waals surface area contributed by atoms with Crippen molar-refractivity contribution in [1.29, 1.82) is 5.26 Å². The van der Waals surface area contributed by atoms with Gasteiger partial charge in [-0.05, 0) is 44.0 Å². The van der Waals surface area contributed by atoms with Crippen LogP contribution in [0.4, 0.5) is 0 Å². The number of carbonyl (C=O) groups excluding carboxylic acids is 1. The minimum Gasteiger partial charge on any atom is -0.466 e. The third kappa shape index (κ3) is 3.56. The van der Waals surface area contributed by atoms with Gasteiger partial charge in [-0.3, -0.25) is 4.79 Å². The highest BCUT2D eigenvalue weighted by molar-refractivity contribution is 5.95. The lowest BCUT2D eigenvalue weighted by Gasteiger charge is -2.22. The molecule has 1 aromatic heterocycles. The maximum absolute atomic E-state index is 12.7. The highest BCUT2D eigenvalue weighted by Gasteiger charge is 2.20. The summed E-state index contributed by atoms with van der Waals surface area (Å²) in [5.74, 6) is 1.39. The lowest BCUT2D eigenvalue weighted by Crippen LogP contribution is -2.31. The first-order valence-corrected chi connectivity index (χ1v) is 7.40. The molecule has 0 saturated heterocycles. The summed E-state index contributed by atoms with van der Waals surface area (Å²) in [5, 5.41) is 8.84. The first-order valence-electron chi connectivity index (χ1n) is 7.40. The van der Waals surface area contributed by atoms with Crippen LogP contribution in [0, 0.1) is 25.2 Å². The fourth-order valence-electron chi connectivity index (χ4n) is 2.44. The van der Waals surface area contributed by atoms with E-state index in [2.05, 4.69) is 6.07 Å². The van der Waals surface area contributed by atoms with Crippen molar-refractivity contribution in [2.24, 2.45) is 0 Å². The first kappa shape index (κ1) is 15.8. The molecule has 114 valence electrons. The minimum absolute atomic E-state index is 0.0134. The number of furan rings is 1. The van der Waals surface area contributed by atoms with Crippen molar-refractivity contribution in [3.63, 3.8) is 0 Å². The van der Waals surface area contributed by atoms with Gasteiger partial charge in [0.05, 0.1) is 17.2 Å². The average Bonchev–Trinajstić information content (AvgIpc) is 2.85. The molecule has 0 bridgehead atoms. The molecular formula is C18H20N2O2. The van der Waals surface area contributed by atoms with E-state index < -0.39 is 0 Å². The number of nitrogens with zero attached hydrogens (tertiary/aromatic N) is 2. The van der Waals surface area contributed by atoms with Gasteiger partial charge in [0.2, 0.25) is 0 Å². The predicted molar refractivity (Wildman–Crippen MR) is 84.4 cm³/mol. The number of nitriles is 1. The molecular weight excluding hydrogens is 276 g/mol. The van der Waals surface area contributed by atoms with Crippen LogP contribution in [0.2, 0.25) is 0 Å². The molecule has 4 heteroatoms.